The third kappa shape index (κ3) is 6.43. The van der Waals surface area contributed by atoms with E-state index >= 15 is 4.39 Å². The standard InChI is InChI=1S/C37H43F4N5O4/c1-5-24-29-31(25-12-14-37(17-42-25)16-27(50-37)48-19-36(2)18-46(3)15-13-23(36)33(39)40)44-35(45-32(29)30(38)34(41)43-24)28-22-9-7-6-8-21(22)10-11-26(28)49-20-47-4/h6-11,23,25,27,33,42H,5,12-20H2,1-4H3/t23-,25?,27?,36+,37?/m1/s1. The van der Waals surface area contributed by atoms with Crippen molar-refractivity contribution in [3.63, 3.8) is 0 Å². The van der Waals surface area contributed by atoms with Gasteiger partial charge >= 0.3 is 0 Å². The first-order valence-corrected chi connectivity index (χ1v) is 17.2. The monoisotopic (exact) mass is 697 g/mol. The molecule has 0 radical (unpaired) electrons. The Kier molecular flexibility index (Phi) is 9.72. The van der Waals surface area contributed by atoms with E-state index in [0.717, 1.165) is 10.8 Å². The molecule has 3 saturated heterocycles. The molecule has 13 heteroatoms. The van der Waals surface area contributed by atoms with Crippen LogP contribution in [0.2, 0.25) is 0 Å². The number of piperidine rings is 2. The highest BCUT2D eigenvalue weighted by atomic mass is 19.3. The second kappa shape index (κ2) is 13.9. The number of fused-ring (bicyclic) bond motifs is 2. The molecule has 7 rings (SSSR count). The van der Waals surface area contributed by atoms with Crippen LogP contribution < -0.4 is 10.1 Å². The average molecular weight is 698 g/mol. The maximum absolute atomic E-state index is 15.7. The summed E-state index contributed by atoms with van der Waals surface area (Å²) < 4.78 is 81.9. The smallest absolute Gasteiger partial charge is 0.251 e. The highest BCUT2D eigenvalue weighted by Crippen LogP contribution is 2.46. The van der Waals surface area contributed by atoms with Crippen molar-refractivity contribution in [2.45, 2.75) is 70.3 Å². The molecule has 3 fully saturated rings. The van der Waals surface area contributed by atoms with Crippen molar-refractivity contribution in [1.82, 2.24) is 25.2 Å². The molecule has 5 heterocycles. The molecule has 0 saturated carbocycles. The Labute approximate surface area is 288 Å². The van der Waals surface area contributed by atoms with E-state index in [4.69, 9.17) is 23.9 Å². The summed E-state index contributed by atoms with van der Waals surface area (Å²) in [5.41, 5.74) is 0.132. The zero-order valence-electron chi connectivity index (χ0n) is 28.8. The summed E-state index contributed by atoms with van der Waals surface area (Å²) >= 11 is 0. The van der Waals surface area contributed by atoms with Gasteiger partial charge in [0.05, 0.1) is 35.2 Å². The fraction of sp³-hybridized carbons (Fsp3) is 0.541. The van der Waals surface area contributed by atoms with Crippen LogP contribution >= 0.6 is 0 Å². The van der Waals surface area contributed by atoms with Crippen LogP contribution in [0.25, 0.3) is 33.1 Å². The summed E-state index contributed by atoms with van der Waals surface area (Å²) in [5, 5.41) is 5.64. The van der Waals surface area contributed by atoms with Crippen LogP contribution in [0, 0.1) is 23.1 Å². The fourth-order valence-corrected chi connectivity index (χ4v) is 8.06. The molecule has 1 N–H and O–H groups in total. The van der Waals surface area contributed by atoms with Gasteiger partial charge in [0.15, 0.2) is 18.9 Å². The van der Waals surface area contributed by atoms with Crippen LogP contribution in [0.5, 0.6) is 5.75 Å². The quantitative estimate of drug-likeness (QED) is 0.109. The number of rotatable bonds is 10. The van der Waals surface area contributed by atoms with Gasteiger partial charge in [-0.05, 0) is 56.1 Å². The van der Waals surface area contributed by atoms with Gasteiger partial charge in [-0.2, -0.15) is 8.78 Å². The van der Waals surface area contributed by atoms with Crippen LogP contribution in [0.4, 0.5) is 17.6 Å². The van der Waals surface area contributed by atoms with Crippen molar-refractivity contribution in [2.75, 3.05) is 47.2 Å². The third-order valence-electron chi connectivity index (χ3n) is 10.7. The number of hydrogen-bond acceptors (Lipinski definition) is 9. The van der Waals surface area contributed by atoms with Crippen LogP contribution in [0.15, 0.2) is 36.4 Å². The lowest BCUT2D eigenvalue weighted by Crippen LogP contribution is -2.61. The minimum atomic E-state index is -2.40. The molecule has 50 heavy (non-hydrogen) atoms. The molecule has 1 spiro atoms. The van der Waals surface area contributed by atoms with Crippen molar-refractivity contribution in [1.29, 1.82) is 0 Å². The summed E-state index contributed by atoms with van der Waals surface area (Å²) in [4.78, 5) is 15.7. The summed E-state index contributed by atoms with van der Waals surface area (Å²) in [7, 11) is 3.46. The summed E-state index contributed by atoms with van der Waals surface area (Å²) in [6.07, 6.45) is -0.249. The highest BCUT2D eigenvalue weighted by Gasteiger charge is 2.51. The molecule has 3 unspecified atom stereocenters. The number of ether oxygens (including phenoxy) is 4. The summed E-state index contributed by atoms with van der Waals surface area (Å²) in [6, 6.07) is 11.0. The Hall–Kier alpha value is -3.49. The number of aromatic nitrogens is 3. The molecule has 3 aliphatic heterocycles. The van der Waals surface area contributed by atoms with Gasteiger partial charge in [0.2, 0.25) is 12.2 Å². The predicted molar refractivity (Wildman–Crippen MR) is 180 cm³/mol. The fourth-order valence-electron chi connectivity index (χ4n) is 8.06. The second-order valence-electron chi connectivity index (χ2n) is 14.2. The number of halogens is 4. The van der Waals surface area contributed by atoms with Crippen LogP contribution in [0.3, 0.4) is 0 Å². The molecule has 0 bridgehead atoms. The first-order chi connectivity index (χ1) is 24.0. The van der Waals surface area contributed by atoms with Crippen LogP contribution in [-0.4, -0.2) is 85.4 Å². The van der Waals surface area contributed by atoms with Gasteiger partial charge in [0.1, 0.15) is 11.3 Å². The molecular weight excluding hydrogens is 654 g/mol. The predicted octanol–water partition coefficient (Wildman–Crippen LogP) is 6.82. The summed E-state index contributed by atoms with van der Waals surface area (Å²) in [6.45, 7) is 5.52. The maximum Gasteiger partial charge on any atom is 0.251 e. The molecule has 268 valence electrons. The van der Waals surface area contributed by atoms with E-state index in [2.05, 4.69) is 20.2 Å². The number of methoxy groups -OCH3 is 1. The minimum absolute atomic E-state index is 0.0290. The molecule has 2 aromatic heterocycles. The molecule has 3 aliphatic rings. The minimum Gasteiger partial charge on any atom is -0.467 e. The van der Waals surface area contributed by atoms with E-state index in [1.54, 1.807) is 6.07 Å². The average Bonchev–Trinajstić information content (AvgIpc) is 3.09. The number of alkyl halides is 2. The van der Waals surface area contributed by atoms with Gasteiger partial charge in [-0.1, -0.05) is 44.2 Å². The van der Waals surface area contributed by atoms with Gasteiger partial charge in [0.25, 0.3) is 5.95 Å². The SMILES string of the molecule is CCc1nc(F)c(F)c2nc(-c3c(OCOC)ccc4ccccc34)nc(C3CCC4(CN3)CC(OC[C@]3(C)CN(C)CC[C@@H]3C(F)F)O4)c12. The normalized spacial score (nSPS) is 27.3. The van der Waals surface area contributed by atoms with E-state index in [1.165, 1.54) is 7.11 Å². The Morgan fingerprint density at radius 2 is 1.90 bits per heavy atom. The lowest BCUT2D eigenvalue weighted by atomic mass is 9.73. The molecular formula is C37H43F4N5O4. The van der Waals surface area contributed by atoms with E-state index in [9.17, 15) is 13.2 Å². The lowest BCUT2D eigenvalue weighted by molar-refractivity contribution is -0.322. The van der Waals surface area contributed by atoms with E-state index in [-0.39, 0.29) is 30.8 Å². The van der Waals surface area contributed by atoms with Crippen LogP contribution in [0.1, 0.15) is 57.0 Å². The zero-order chi connectivity index (χ0) is 35.2. The van der Waals surface area contributed by atoms with E-state index < -0.39 is 41.4 Å². The number of benzene rings is 2. The topological polar surface area (TPSA) is 90.9 Å². The van der Waals surface area contributed by atoms with Crippen molar-refractivity contribution in [3.8, 4) is 17.1 Å². The summed E-state index contributed by atoms with van der Waals surface area (Å²) in [5.74, 6) is -2.43. The highest BCUT2D eigenvalue weighted by molar-refractivity contribution is 5.99. The van der Waals surface area contributed by atoms with Crippen molar-refractivity contribution >= 4 is 21.7 Å². The Balaban J connectivity index is 1.16. The molecule has 2 aromatic carbocycles. The first-order valence-electron chi connectivity index (χ1n) is 17.2. The molecule has 9 nitrogen and oxygen atoms in total. The zero-order valence-corrected chi connectivity index (χ0v) is 28.8. The maximum atomic E-state index is 15.7. The van der Waals surface area contributed by atoms with E-state index in [1.807, 2.05) is 51.2 Å². The van der Waals surface area contributed by atoms with Gasteiger partial charge in [-0.25, -0.2) is 23.7 Å². The van der Waals surface area contributed by atoms with E-state index in [0.29, 0.717) is 79.8 Å². The number of nitrogens with one attached hydrogen (secondary N) is 1. The number of aryl methyl sites for hydroxylation is 1. The van der Waals surface area contributed by atoms with Crippen LogP contribution in [-0.2, 0) is 20.6 Å². The van der Waals surface area contributed by atoms with Gasteiger partial charge in [0, 0.05) is 43.3 Å². The molecule has 0 aliphatic carbocycles. The number of pyridine rings is 1. The Morgan fingerprint density at radius 1 is 1.10 bits per heavy atom. The second-order valence-corrected chi connectivity index (χ2v) is 14.2. The van der Waals surface area contributed by atoms with Gasteiger partial charge in [-0.15, -0.1) is 0 Å². The Bertz CT molecular complexity index is 1870. The third-order valence-corrected chi connectivity index (χ3v) is 10.7. The first kappa shape index (κ1) is 34.9. The van der Waals surface area contributed by atoms with Gasteiger partial charge < -0.3 is 29.2 Å². The number of likely N-dealkylation sites (tertiary alicyclic amines) is 1. The largest absolute Gasteiger partial charge is 0.467 e. The Morgan fingerprint density at radius 3 is 2.62 bits per heavy atom. The lowest BCUT2D eigenvalue weighted by Gasteiger charge is -2.52. The molecule has 0 amide bonds. The number of hydrogen-bond donors (Lipinski definition) is 1. The van der Waals surface area contributed by atoms with Crippen molar-refractivity contribution in [3.05, 3.63) is 59.6 Å². The number of nitrogens with zero attached hydrogens (tertiary/aromatic N) is 4. The molecule has 4 aromatic rings. The molecule has 5 atom stereocenters. The van der Waals surface area contributed by atoms with Gasteiger partial charge in [-0.3, -0.25) is 0 Å². The van der Waals surface area contributed by atoms with Crippen molar-refractivity contribution < 1.29 is 36.5 Å². The van der Waals surface area contributed by atoms with Crippen molar-refractivity contribution in [2.24, 2.45) is 11.3 Å².